The van der Waals surface area contributed by atoms with Crippen molar-refractivity contribution in [2.75, 3.05) is 17.2 Å². The van der Waals surface area contributed by atoms with E-state index in [-0.39, 0.29) is 11.6 Å². The van der Waals surface area contributed by atoms with E-state index in [0.29, 0.717) is 16.5 Å². The van der Waals surface area contributed by atoms with Gasteiger partial charge in [-0.1, -0.05) is 24.6 Å². The first-order valence-corrected chi connectivity index (χ1v) is 7.12. The van der Waals surface area contributed by atoms with E-state index in [1.165, 1.54) is 6.20 Å². The SMILES string of the molecule is CCCNc1cncc(C(=O)Nc2cccc(Cl)c2C)n1. The van der Waals surface area contributed by atoms with Crippen LogP contribution in [0.5, 0.6) is 0 Å². The van der Waals surface area contributed by atoms with E-state index >= 15 is 0 Å². The summed E-state index contributed by atoms with van der Waals surface area (Å²) in [5.41, 5.74) is 1.75. The van der Waals surface area contributed by atoms with Gasteiger partial charge in [-0.3, -0.25) is 9.78 Å². The average Bonchev–Trinajstić information content (AvgIpc) is 2.50. The summed E-state index contributed by atoms with van der Waals surface area (Å²) in [4.78, 5) is 20.5. The summed E-state index contributed by atoms with van der Waals surface area (Å²) >= 11 is 6.04. The van der Waals surface area contributed by atoms with Crippen molar-refractivity contribution < 1.29 is 4.79 Å². The molecule has 5 nitrogen and oxygen atoms in total. The van der Waals surface area contributed by atoms with E-state index < -0.39 is 0 Å². The standard InChI is InChI=1S/C15H17ClN4O/c1-3-7-18-14-9-17-8-13(19-14)15(21)20-12-6-4-5-11(16)10(12)2/h4-6,8-9H,3,7H2,1-2H3,(H,18,19)(H,20,21). The summed E-state index contributed by atoms with van der Waals surface area (Å²) in [6.45, 7) is 4.69. The van der Waals surface area contributed by atoms with Crippen LogP contribution in [0.15, 0.2) is 30.6 Å². The maximum atomic E-state index is 12.2. The fourth-order valence-electron chi connectivity index (χ4n) is 1.74. The van der Waals surface area contributed by atoms with Gasteiger partial charge in [-0.25, -0.2) is 4.98 Å². The molecule has 0 fully saturated rings. The van der Waals surface area contributed by atoms with Gasteiger partial charge >= 0.3 is 0 Å². The molecule has 0 saturated carbocycles. The zero-order valence-electron chi connectivity index (χ0n) is 12.0. The van der Waals surface area contributed by atoms with Crippen LogP contribution in [0.1, 0.15) is 29.4 Å². The number of carbonyl (C=O) groups is 1. The van der Waals surface area contributed by atoms with Gasteiger partial charge in [0.15, 0.2) is 0 Å². The number of rotatable bonds is 5. The van der Waals surface area contributed by atoms with Crippen molar-refractivity contribution in [1.82, 2.24) is 9.97 Å². The Hall–Kier alpha value is -2.14. The van der Waals surface area contributed by atoms with Crippen LogP contribution < -0.4 is 10.6 Å². The molecule has 1 heterocycles. The lowest BCUT2D eigenvalue weighted by molar-refractivity contribution is 0.102. The van der Waals surface area contributed by atoms with Gasteiger partial charge < -0.3 is 10.6 Å². The first kappa shape index (κ1) is 15.3. The molecule has 1 aromatic heterocycles. The van der Waals surface area contributed by atoms with Crippen LogP contribution in [-0.4, -0.2) is 22.4 Å². The monoisotopic (exact) mass is 304 g/mol. The van der Waals surface area contributed by atoms with Gasteiger partial charge in [0, 0.05) is 17.3 Å². The first-order valence-electron chi connectivity index (χ1n) is 6.74. The van der Waals surface area contributed by atoms with Gasteiger partial charge in [0.05, 0.1) is 12.4 Å². The number of hydrogen-bond donors (Lipinski definition) is 2. The zero-order valence-corrected chi connectivity index (χ0v) is 12.7. The Kier molecular flexibility index (Phi) is 5.11. The molecule has 6 heteroatoms. The lowest BCUT2D eigenvalue weighted by Gasteiger charge is -2.10. The highest BCUT2D eigenvalue weighted by Crippen LogP contribution is 2.23. The lowest BCUT2D eigenvalue weighted by Crippen LogP contribution is -2.16. The Labute approximate surface area is 128 Å². The number of amides is 1. The van der Waals surface area contributed by atoms with E-state index in [0.717, 1.165) is 18.5 Å². The second-order valence-electron chi connectivity index (χ2n) is 4.58. The molecule has 0 aliphatic rings. The van der Waals surface area contributed by atoms with Gasteiger partial charge in [0.2, 0.25) is 0 Å². The summed E-state index contributed by atoms with van der Waals surface area (Å²) in [5, 5.41) is 6.50. The molecule has 0 unspecified atom stereocenters. The van der Waals surface area contributed by atoms with E-state index in [1.807, 2.05) is 6.92 Å². The third-order valence-electron chi connectivity index (χ3n) is 2.94. The highest BCUT2D eigenvalue weighted by Gasteiger charge is 2.11. The fraction of sp³-hybridized carbons (Fsp3) is 0.267. The van der Waals surface area contributed by atoms with Gasteiger partial charge in [-0.15, -0.1) is 0 Å². The molecule has 0 radical (unpaired) electrons. The molecule has 0 bridgehead atoms. The molecule has 0 saturated heterocycles. The predicted octanol–water partition coefficient (Wildman–Crippen LogP) is 3.51. The van der Waals surface area contributed by atoms with Crippen LogP contribution in [0, 0.1) is 6.92 Å². The molecule has 0 aliphatic heterocycles. The summed E-state index contributed by atoms with van der Waals surface area (Å²) in [7, 11) is 0. The van der Waals surface area contributed by atoms with Crippen molar-refractivity contribution in [3.63, 3.8) is 0 Å². The van der Waals surface area contributed by atoms with E-state index in [9.17, 15) is 4.79 Å². The Bertz CT molecular complexity index is 645. The summed E-state index contributed by atoms with van der Waals surface area (Å²) in [6.07, 6.45) is 4.00. The second-order valence-corrected chi connectivity index (χ2v) is 4.99. The fourth-order valence-corrected chi connectivity index (χ4v) is 1.92. The molecule has 0 aliphatic carbocycles. The van der Waals surface area contributed by atoms with Gasteiger partial charge in [-0.05, 0) is 31.0 Å². The smallest absolute Gasteiger partial charge is 0.275 e. The Morgan fingerprint density at radius 2 is 2.14 bits per heavy atom. The molecular weight excluding hydrogens is 288 g/mol. The number of benzene rings is 1. The molecule has 1 amide bonds. The molecule has 1 aromatic carbocycles. The molecule has 21 heavy (non-hydrogen) atoms. The number of hydrogen-bond acceptors (Lipinski definition) is 4. The average molecular weight is 305 g/mol. The maximum Gasteiger partial charge on any atom is 0.275 e. The number of halogens is 1. The van der Waals surface area contributed by atoms with Crippen molar-refractivity contribution in [2.24, 2.45) is 0 Å². The van der Waals surface area contributed by atoms with Crippen LogP contribution in [-0.2, 0) is 0 Å². The maximum absolute atomic E-state index is 12.2. The lowest BCUT2D eigenvalue weighted by atomic mass is 10.2. The van der Waals surface area contributed by atoms with E-state index in [2.05, 4.69) is 27.5 Å². The topological polar surface area (TPSA) is 66.9 Å². The van der Waals surface area contributed by atoms with Crippen molar-refractivity contribution in [2.45, 2.75) is 20.3 Å². The number of nitrogens with one attached hydrogen (secondary N) is 2. The Morgan fingerprint density at radius 1 is 1.33 bits per heavy atom. The van der Waals surface area contributed by atoms with Gasteiger partial charge in [0.1, 0.15) is 11.5 Å². The van der Waals surface area contributed by atoms with Crippen LogP contribution in [0.4, 0.5) is 11.5 Å². The number of carbonyl (C=O) groups excluding carboxylic acids is 1. The van der Waals surface area contributed by atoms with Crippen LogP contribution in [0.25, 0.3) is 0 Å². The van der Waals surface area contributed by atoms with Gasteiger partial charge in [0.25, 0.3) is 5.91 Å². The molecule has 2 N–H and O–H groups in total. The molecule has 2 aromatic rings. The van der Waals surface area contributed by atoms with Crippen molar-refractivity contribution in [3.8, 4) is 0 Å². The first-order chi connectivity index (χ1) is 10.1. The Morgan fingerprint density at radius 3 is 2.90 bits per heavy atom. The molecule has 110 valence electrons. The predicted molar refractivity (Wildman–Crippen MR) is 85.0 cm³/mol. The third kappa shape index (κ3) is 3.92. The number of nitrogens with zero attached hydrogens (tertiary/aromatic N) is 2. The minimum absolute atomic E-state index is 0.260. The minimum Gasteiger partial charge on any atom is -0.369 e. The highest BCUT2D eigenvalue weighted by molar-refractivity contribution is 6.31. The zero-order chi connectivity index (χ0) is 15.2. The second kappa shape index (κ2) is 7.04. The van der Waals surface area contributed by atoms with E-state index in [1.54, 1.807) is 24.4 Å². The Balaban J connectivity index is 2.15. The molecule has 0 atom stereocenters. The van der Waals surface area contributed by atoms with Crippen molar-refractivity contribution in [3.05, 3.63) is 46.9 Å². The third-order valence-corrected chi connectivity index (χ3v) is 3.35. The van der Waals surface area contributed by atoms with Crippen LogP contribution in [0.2, 0.25) is 5.02 Å². The molecule has 2 rings (SSSR count). The number of aromatic nitrogens is 2. The van der Waals surface area contributed by atoms with Gasteiger partial charge in [-0.2, -0.15) is 0 Å². The van der Waals surface area contributed by atoms with E-state index in [4.69, 9.17) is 11.6 Å². The summed E-state index contributed by atoms with van der Waals surface area (Å²) < 4.78 is 0. The normalized spacial score (nSPS) is 10.2. The minimum atomic E-state index is -0.312. The molecular formula is C15H17ClN4O. The largest absolute Gasteiger partial charge is 0.369 e. The molecule has 0 spiro atoms. The van der Waals surface area contributed by atoms with Crippen LogP contribution in [0.3, 0.4) is 0 Å². The van der Waals surface area contributed by atoms with Crippen molar-refractivity contribution in [1.29, 1.82) is 0 Å². The highest BCUT2D eigenvalue weighted by atomic mass is 35.5. The number of anilines is 2. The summed E-state index contributed by atoms with van der Waals surface area (Å²) in [6, 6.07) is 5.36. The summed E-state index contributed by atoms with van der Waals surface area (Å²) in [5.74, 6) is 0.278. The van der Waals surface area contributed by atoms with Crippen molar-refractivity contribution >= 4 is 29.0 Å². The quantitative estimate of drug-likeness (QED) is 0.887. The van der Waals surface area contributed by atoms with Crippen LogP contribution >= 0.6 is 11.6 Å².